The van der Waals surface area contributed by atoms with E-state index < -0.39 is 66.3 Å². The number of hydrogen-bond donors (Lipinski definition) is 13. The molecule has 0 aliphatic carbocycles. The second-order valence-electron chi connectivity index (χ2n) is 12.6. The molecule has 16 N–H and O–H groups in total. The van der Waals surface area contributed by atoms with E-state index in [0.717, 1.165) is 64.1 Å². The molecular weight excluding hydrogens is 899 g/mol. The predicted molar refractivity (Wildman–Crippen MR) is 203 cm³/mol. The second-order valence-corrected chi connectivity index (χ2v) is 12.6. The number of guanidine groups is 1. The van der Waals surface area contributed by atoms with Gasteiger partial charge < -0.3 is 69.1 Å². The van der Waals surface area contributed by atoms with Crippen molar-refractivity contribution in [3.05, 3.63) is 23.8 Å². The summed E-state index contributed by atoms with van der Waals surface area (Å²) in [6, 6.07) is 1.31. The third kappa shape index (κ3) is 35.3. The van der Waals surface area contributed by atoms with Gasteiger partial charge in [0, 0.05) is 31.3 Å². The maximum Gasteiger partial charge on any atom is 0.490 e. The summed E-state index contributed by atoms with van der Waals surface area (Å²) in [5, 5.41) is 60.8. The highest BCUT2D eigenvalue weighted by Crippen LogP contribution is 2.23. The number of carboxylic acids is 4. The molecule has 0 heterocycles. The normalized spacial score (nSPS) is 11.8. The lowest BCUT2D eigenvalue weighted by atomic mass is 10.1. The first-order valence-electron chi connectivity index (χ1n) is 18.3. The zero-order chi connectivity index (χ0) is 50.3. The van der Waals surface area contributed by atoms with E-state index in [1.54, 1.807) is 0 Å². The summed E-state index contributed by atoms with van der Waals surface area (Å²) in [4.78, 5) is 78.4. The number of halogens is 9. The van der Waals surface area contributed by atoms with Gasteiger partial charge in [-0.2, -0.15) is 39.5 Å². The van der Waals surface area contributed by atoms with Crippen LogP contribution in [0.1, 0.15) is 63.4 Å². The van der Waals surface area contributed by atoms with Crippen molar-refractivity contribution in [2.24, 2.45) is 22.2 Å². The minimum absolute atomic E-state index is 0.0204. The first-order valence-corrected chi connectivity index (χ1v) is 18.3. The van der Waals surface area contributed by atoms with Crippen molar-refractivity contribution in [3.63, 3.8) is 0 Å². The quantitative estimate of drug-likeness (QED) is 0.0240. The van der Waals surface area contributed by atoms with Gasteiger partial charge in [0.15, 0.2) is 5.96 Å². The number of aliphatic imine (C=N–C) groups is 1. The largest absolute Gasteiger partial charge is 0.508 e. The predicted octanol–water partition coefficient (Wildman–Crippen LogP) is 1.04. The molecule has 0 spiro atoms. The number of phenolic OH excluding ortho intramolecular Hbond substituents is 2. The fraction of sp³-hybridized carbons (Fsp3) is 0.588. The minimum Gasteiger partial charge on any atom is -0.508 e. The minimum atomic E-state index is -5.08. The van der Waals surface area contributed by atoms with Crippen LogP contribution in [0.5, 0.6) is 11.5 Å². The number of hydrogen-bond acceptors (Lipinski definition) is 12. The van der Waals surface area contributed by atoms with E-state index in [1.807, 2.05) is 0 Å². The number of unbranched alkanes of at least 4 members (excludes halogenated alkanes) is 6. The second kappa shape index (κ2) is 32.4. The number of phenols is 2. The number of benzene rings is 1. The van der Waals surface area contributed by atoms with Crippen molar-refractivity contribution in [1.82, 2.24) is 21.3 Å². The third-order valence-corrected chi connectivity index (χ3v) is 7.19. The van der Waals surface area contributed by atoms with Crippen LogP contribution in [-0.2, 0) is 40.0 Å². The summed E-state index contributed by atoms with van der Waals surface area (Å²) in [5.74, 6) is -12.0. The van der Waals surface area contributed by atoms with Crippen LogP contribution < -0.4 is 38.5 Å². The number of alkyl halides is 9. The highest BCUT2D eigenvalue weighted by Gasteiger charge is 2.39. The Kier molecular flexibility index (Phi) is 31.3. The summed E-state index contributed by atoms with van der Waals surface area (Å²) in [6.07, 6.45) is -7.80. The summed E-state index contributed by atoms with van der Waals surface area (Å²) in [7, 11) is 0. The van der Waals surface area contributed by atoms with Gasteiger partial charge in [-0.05, 0) is 51.3 Å². The molecule has 1 aromatic carbocycles. The molecule has 0 fully saturated rings. The molecule has 0 aliphatic heterocycles. The monoisotopic (exact) mass is 950 g/mol. The summed E-state index contributed by atoms with van der Waals surface area (Å²) in [5.41, 5.74) is 16.5. The Morgan fingerprint density at radius 3 is 1.41 bits per heavy atom. The molecule has 0 saturated heterocycles. The molecular formula is C34H51F9N8O13. The molecule has 0 radical (unpaired) electrons. The number of aliphatic carboxylic acids is 4. The van der Waals surface area contributed by atoms with Gasteiger partial charge in [-0.25, -0.2) is 19.2 Å². The van der Waals surface area contributed by atoms with Crippen LogP contribution in [-0.4, -0.2) is 142 Å². The standard InChI is InChI=1S/C28H48N8O7.3C2HF3O2/c29-21(11-16-35-28(30)31)25(40)33-14-8-4-6-13-32-12-5-2-1-3-7-15-34-26(41)24(27(42)43)36-23(39)17-19-9-10-20(37)18-22(19)38;3*3-2(4,5)1(6)7/h9-10,18,21,24,32,37-38H,1-8,11-17,29H2,(H,33,40)(H,34,41)(H,36,39)(H,42,43)(H4,30,31,35);3*(H,6,7)/t21-,24+;;;/m0.../s1. The van der Waals surface area contributed by atoms with E-state index >= 15 is 0 Å². The van der Waals surface area contributed by atoms with Crippen LogP contribution in [0.25, 0.3) is 0 Å². The van der Waals surface area contributed by atoms with E-state index in [0.29, 0.717) is 32.5 Å². The van der Waals surface area contributed by atoms with Crippen molar-refractivity contribution in [3.8, 4) is 11.5 Å². The van der Waals surface area contributed by atoms with Gasteiger partial charge in [-0.1, -0.05) is 31.7 Å². The Bertz CT molecular complexity index is 1590. The number of aromatic hydroxyl groups is 2. The fourth-order valence-electron chi connectivity index (χ4n) is 4.03. The molecule has 1 aromatic rings. The highest BCUT2D eigenvalue weighted by atomic mass is 19.4. The van der Waals surface area contributed by atoms with Crippen molar-refractivity contribution < 1.29 is 104 Å². The Labute approximate surface area is 357 Å². The summed E-state index contributed by atoms with van der Waals surface area (Å²) >= 11 is 0. The van der Waals surface area contributed by atoms with Crippen LogP contribution in [0.15, 0.2) is 23.2 Å². The zero-order valence-corrected chi connectivity index (χ0v) is 33.6. The molecule has 1 rings (SSSR count). The highest BCUT2D eigenvalue weighted by molar-refractivity contribution is 6.04. The molecule has 0 unspecified atom stereocenters. The van der Waals surface area contributed by atoms with Gasteiger partial charge in [0.05, 0.1) is 12.5 Å². The topological polar surface area (TPSA) is 379 Å². The molecule has 2 atom stereocenters. The number of nitrogens with zero attached hydrogens (tertiary/aromatic N) is 1. The van der Waals surface area contributed by atoms with Crippen LogP contribution in [0.4, 0.5) is 39.5 Å². The molecule has 0 saturated carbocycles. The van der Waals surface area contributed by atoms with E-state index in [2.05, 4.69) is 26.3 Å². The number of carboxylic acid groups (broad SMARTS) is 4. The molecule has 3 amide bonds. The van der Waals surface area contributed by atoms with Crippen LogP contribution >= 0.6 is 0 Å². The molecule has 0 aliphatic rings. The lowest BCUT2D eigenvalue weighted by Gasteiger charge is -2.15. The molecule has 64 heavy (non-hydrogen) atoms. The van der Waals surface area contributed by atoms with Crippen molar-refractivity contribution >= 4 is 47.6 Å². The number of amides is 3. The number of nitrogens with one attached hydrogen (secondary N) is 4. The maximum atomic E-state index is 12.3. The average Bonchev–Trinajstić information content (AvgIpc) is 3.15. The van der Waals surface area contributed by atoms with Gasteiger partial charge >= 0.3 is 42.4 Å². The SMILES string of the molecule is NC(N)=NCC[C@H](N)C(=O)NCCCCCNCCCCCCCNC(=O)[C@@H](NC(=O)Cc1ccc(O)cc1O)C(=O)O.O=C(O)C(F)(F)F.O=C(O)C(F)(F)F.O=C(O)C(F)(F)F. The van der Waals surface area contributed by atoms with Crippen molar-refractivity contribution in [2.45, 2.75) is 94.8 Å². The lowest BCUT2D eigenvalue weighted by molar-refractivity contribution is -0.193. The molecule has 0 aromatic heterocycles. The average molecular weight is 951 g/mol. The zero-order valence-electron chi connectivity index (χ0n) is 33.6. The number of carbonyl (C=O) groups excluding carboxylic acids is 3. The van der Waals surface area contributed by atoms with Gasteiger partial charge in [-0.15, -0.1) is 0 Å². The van der Waals surface area contributed by atoms with E-state index in [-0.39, 0.29) is 35.4 Å². The van der Waals surface area contributed by atoms with Crippen LogP contribution in [0.3, 0.4) is 0 Å². The Morgan fingerprint density at radius 2 is 1.02 bits per heavy atom. The molecule has 0 bridgehead atoms. The first-order chi connectivity index (χ1) is 29.3. The van der Waals surface area contributed by atoms with Crippen LogP contribution in [0.2, 0.25) is 0 Å². The first kappa shape index (κ1) is 62.0. The Morgan fingerprint density at radius 1 is 0.625 bits per heavy atom. The molecule has 21 nitrogen and oxygen atoms in total. The lowest BCUT2D eigenvalue weighted by Crippen LogP contribution is -2.52. The van der Waals surface area contributed by atoms with E-state index in [1.165, 1.54) is 12.1 Å². The Balaban J connectivity index is -0.00000144. The number of nitrogens with two attached hydrogens (primary N) is 3. The maximum absolute atomic E-state index is 12.3. The number of rotatable bonds is 23. The van der Waals surface area contributed by atoms with Gasteiger partial charge in [-0.3, -0.25) is 19.4 Å². The third-order valence-electron chi connectivity index (χ3n) is 7.19. The summed E-state index contributed by atoms with van der Waals surface area (Å²) < 4.78 is 95.2. The molecule has 368 valence electrons. The van der Waals surface area contributed by atoms with Gasteiger partial charge in [0.25, 0.3) is 5.91 Å². The van der Waals surface area contributed by atoms with Gasteiger partial charge in [0.1, 0.15) is 11.5 Å². The fourth-order valence-corrected chi connectivity index (χ4v) is 4.03. The Hall–Kier alpha value is -6.33. The van der Waals surface area contributed by atoms with Crippen molar-refractivity contribution in [1.29, 1.82) is 0 Å². The number of carbonyl (C=O) groups is 7. The van der Waals surface area contributed by atoms with E-state index in [4.69, 9.17) is 46.9 Å². The summed E-state index contributed by atoms with van der Waals surface area (Å²) in [6.45, 7) is 2.99. The van der Waals surface area contributed by atoms with Gasteiger partial charge in [0.2, 0.25) is 17.9 Å². The molecule has 30 heteroatoms. The van der Waals surface area contributed by atoms with Crippen LogP contribution in [0, 0.1) is 0 Å². The van der Waals surface area contributed by atoms with Crippen molar-refractivity contribution in [2.75, 3.05) is 32.7 Å². The smallest absolute Gasteiger partial charge is 0.490 e. The van der Waals surface area contributed by atoms with E-state index in [9.17, 15) is 74.0 Å².